The molecule has 0 aliphatic carbocycles. The molecule has 126 valence electrons. The van der Waals surface area contributed by atoms with Crippen LogP contribution in [-0.2, 0) is 17.8 Å². The number of fused-ring (bicyclic) bond motifs is 1. The predicted octanol–water partition coefficient (Wildman–Crippen LogP) is 3.09. The minimum atomic E-state index is -0.495. The van der Waals surface area contributed by atoms with Crippen molar-refractivity contribution in [2.45, 2.75) is 32.9 Å². The quantitative estimate of drug-likeness (QED) is 0.928. The normalized spacial score (nSPS) is 15.0. The Morgan fingerprint density at radius 2 is 1.88 bits per heavy atom. The fourth-order valence-electron chi connectivity index (χ4n) is 3.01. The van der Waals surface area contributed by atoms with Crippen molar-refractivity contribution in [1.29, 1.82) is 0 Å². The van der Waals surface area contributed by atoms with E-state index in [2.05, 4.69) is 17.4 Å². The third kappa shape index (κ3) is 3.51. The molecule has 1 N–H and O–H groups in total. The lowest BCUT2D eigenvalue weighted by molar-refractivity contribution is -0.135. The highest BCUT2D eigenvalue weighted by Crippen LogP contribution is 2.20. The average molecular weight is 342 g/mol. The molecular formula is C19H22N2O2S. The van der Waals surface area contributed by atoms with Crippen molar-refractivity contribution in [3.8, 4) is 0 Å². The second-order valence-electron chi connectivity index (χ2n) is 6.45. The van der Waals surface area contributed by atoms with Crippen molar-refractivity contribution >= 4 is 23.2 Å². The molecule has 2 heterocycles. The standard InChI is InChI=1S/C19H22N2O2S/c1-13(2)17(20-18(22)16-8-5-11-24-16)19(23)21-10-9-14-6-3-4-7-15(14)12-21/h3-8,11,13,17H,9-10,12H2,1-2H3,(H,20,22). The summed E-state index contributed by atoms with van der Waals surface area (Å²) < 4.78 is 0. The molecule has 3 rings (SSSR count). The summed E-state index contributed by atoms with van der Waals surface area (Å²) in [6.07, 6.45) is 0.867. The van der Waals surface area contributed by atoms with Gasteiger partial charge in [-0.25, -0.2) is 0 Å². The van der Waals surface area contributed by atoms with Gasteiger partial charge in [0.2, 0.25) is 5.91 Å². The second kappa shape index (κ2) is 7.18. The van der Waals surface area contributed by atoms with E-state index < -0.39 is 6.04 Å². The Bertz CT molecular complexity index is 725. The van der Waals surface area contributed by atoms with Crippen molar-refractivity contribution in [3.05, 3.63) is 57.8 Å². The molecule has 1 unspecified atom stereocenters. The number of carbonyl (C=O) groups excluding carboxylic acids is 2. The molecule has 1 atom stereocenters. The molecular weight excluding hydrogens is 320 g/mol. The third-order valence-corrected chi connectivity index (χ3v) is 5.28. The molecule has 0 bridgehead atoms. The van der Waals surface area contributed by atoms with Gasteiger partial charge in [-0.2, -0.15) is 0 Å². The first-order valence-corrected chi connectivity index (χ1v) is 9.14. The van der Waals surface area contributed by atoms with Gasteiger partial charge in [0, 0.05) is 13.1 Å². The Kier molecular flexibility index (Phi) is 5.00. The molecule has 0 fully saturated rings. The summed E-state index contributed by atoms with van der Waals surface area (Å²) in [5, 5.41) is 4.78. The van der Waals surface area contributed by atoms with Gasteiger partial charge in [0.25, 0.3) is 5.91 Å². The number of thiophene rings is 1. The number of amides is 2. The van der Waals surface area contributed by atoms with Crippen LogP contribution in [0.5, 0.6) is 0 Å². The van der Waals surface area contributed by atoms with Crippen LogP contribution in [0.15, 0.2) is 41.8 Å². The lowest BCUT2D eigenvalue weighted by Crippen LogP contribution is -2.52. The molecule has 1 aromatic heterocycles. The summed E-state index contributed by atoms with van der Waals surface area (Å²) >= 11 is 1.39. The van der Waals surface area contributed by atoms with Gasteiger partial charge in [0.05, 0.1) is 4.88 Å². The molecule has 1 aromatic carbocycles. The van der Waals surface area contributed by atoms with Crippen LogP contribution in [-0.4, -0.2) is 29.3 Å². The molecule has 0 saturated heterocycles. The molecule has 2 aromatic rings. The Hall–Kier alpha value is -2.14. The van der Waals surface area contributed by atoms with E-state index >= 15 is 0 Å². The van der Waals surface area contributed by atoms with E-state index in [-0.39, 0.29) is 17.7 Å². The summed E-state index contributed by atoms with van der Waals surface area (Å²) in [4.78, 5) is 27.8. The van der Waals surface area contributed by atoms with E-state index in [1.807, 2.05) is 42.3 Å². The van der Waals surface area contributed by atoms with Gasteiger partial charge >= 0.3 is 0 Å². The zero-order chi connectivity index (χ0) is 17.1. The van der Waals surface area contributed by atoms with Gasteiger partial charge in [0.1, 0.15) is 6.04 Å². The summed E-state index contributed by atoms with van der Waals surface area (Å²) in [5.74, 6) is -0.127. The van der Waals surface area contributed by atoms with Crippen LogP contribution in [0.1, 0.15) is 34.6 Å². The van der Waals surface area contributed by atoms with Gasteiger partial charge in [-0.05, 0) is 34.9 Å². The van der Waals surface area contributed by atoms with E-state index in [0.717, 1.165) is 6.42 Å². The maximum atomic E-state index is 13.0. The highest BCUT2D eigenvalue weighted by atomic mass is 32.1. The van der Waals surface area contributed by atoms with Gasteiger partial charge in [-0.1, -0.05) is 44.2 Å². The Morgan fingerprint density at radius 1 is 1.12 bits per heavy atom. The average Bonchev–Trinajstić information content (AvgIpc) is 3.13. The van der Waals surface area contributed by atoms with Crippen LogP contribution in [0, 0.1) is 5.92 Å². The Balaban J connectivity index is 1.72. The summed E-state index contributed by atoms with van der Waals surface area (Å²) in [6, 6.07) is 11.4. The van der Waals surface area contributed by atoms with Crippen molar-refractivity contribution in [3.63, 3.8) is 0 Å². The molecule has 4 nitrogen and oxygen atoms in total. The van der Waals surface area contributed by atoms with Crippen molar-refractivity contribution < 1.29 is 9.59 Å². The number of nitrogens with one attached hydrogen (secondary N) is 1. The van der Waals surface area contributed by atoms with Gasteiger partial charge in [-0.15, -0.1) is 11.3 Å². The molecule has 24 heavy (non-hydrogen) atoms. The van der Waals surface area contributed by atoms with Crippen molar-refractivity contribution in [2.24, 2.45) is 5.92 Å². The van der Waals surface area contributed by atoms with Gasteiger partial charge in [-0.3, -0.25) is 9.59 Å². The van der Waals surface area contributed by atoms with E-state index in [4.69, 9.17) is 0 Å². The number of nitrogens with zero attached hydrogens (tertiary/aromatic N) is 1. The summed E-state index contributed by atoms with van der Waals surface area (Å²) in [6.45, 7) is 5.26. The topological polar surface area (TPSA) is 49.4 Å². The molecule has 1 aliphatic rings. The number of hydrogen-bond acceptors (Lipinski definition) is 3. The molecule has 0 spiro atoms. The monoisotopic (exact) mass is 342 g/mol. The minimum Gasteiger partial charge on any atom is -0.339 e. The number of hydrogen-bond donors (Lipinski definition) is 1. The smallest absolute Gasteiger partial charge is 0.262 e. The van der Waals surface area contributed by atoms with E-state index in [1.54, 1.807) is 6.07 Å². The van der Waals surface area contributed by atoms with Gasteiger partial charge < -0.3 is 10.2 Å². The SMILES string of the molecule is CC(C)C(NC(=O)c1cccs1)C(=O)N1CCc2ccccc2C1. The van der Waals surface area contributed by atoms with Crippen molar-refractivity contribution in [2.75, 3.05) is 6.54 Å². The van der Waals surface area contributed by atoms with Crippen LogP contribution in [0.2, 0.25) is 0 Å². The largest absolute Gasteiger partial charge is 0.339 e. The molecule has 5 heteroatoms. The predicted molar refractivity (Wildman–Crippen MR) is 96.0 cm³/mol. The second-order valence-corrected chi connectivity index (χ2v) is 7.40. The zero-order valence-corrected chi connectivity index (χ0v) is 14.8. The minimum absolute atomic E-state index is 0.00408. The van der Waals surface area contributed by atoms with E-state index in [0.29, 0.717) is 18.0 Å². The number of benzene rings is 1. The van der Waals surface area contributed by atoms with Crippen LogP contribution < -0.4 is 5.32 Å². The van der Waals surface area contributed by atoms with E-state index in [1.165, 1.54) is 22.5 Å². The maximum Gasteiger partial charge on any atom is 0.262 e. The first-order chi connectivity index (χ1) is 11.6. The number of carbonyl (C=O) groups is 2. The molecule has 0 radical (unpaired) electrons. The first kappa shape index (κ1) is 16.7. The molecule has 0 saturated carbocycles. The Labute approximate surface area is 146 Å². The Morgan fingerprint density at radius 3 is 2.54 bits per heavy atom. The summed E-state index contributed by atoms with van der Waals surface area (Å²) in [5.41, 5.74) is 2.51. The van der Waals surface area contributed by atoms with Crippen molar-refractivity contribution in [1.82, 2.24) is 10.2 Å². The van der Waals surface area contributed by atoms with Gasteiger partial charge in [0.15, 0.2) is 0 Å². The first-order valence-electron chi connectivity index (χ1n) is 8.26. The van der Waals surface area contributed by atoms with Crippen LogP contribution >= 0.6 is 11.3 Å². The summed E-state index contributed by atoms with van der Waals surface area (Å²) in [7, 11) is 0. The zero-order valence-electron chi connectivity index (χ0n) is 14.0. The maximum absolute atomic E-state index is 13.0. The molecule has 2 amide bonds. The number of rotatable bonds is 4. The highest BCUT2D eigenvalue weighted by molar-refractivity contribution is 7.12. The van der Waals surface area contributed by atoms with E-state index in [9.17, 15) is 9.59 Å². The third-order valence-electron chi connectivity index (χ3n) is 4.41. The lowest BCUT2D eigenvalue weighted by atomic mass is 9.97. The fourth-order valence-corrected chi connectivity index (χ4v) is 3.64. The fraction of sp³-hybridized carbons (Fsp3) is 0.368. The van der Waals surface area contributed by atoms with Crippen LogP contribution in [0.25, 0.3) is 0 Å². The van der Waals surface area contributed by atoms with Crippen LogP contribution in [0.3, 0.4) is 0 Å². The lowest BCUT2D eigenvalue weighted by Gasteiger charge is -2.33. The molecule has 1 aliphatic heterocycles. The highest BCUT2D eigenvalue weighted by Gasteiger charge is 2.30. The van der Waals surface area contributed by atoms with Crippen LogP contribution in [0.4, 0.5) is 0 Å².